The molecule has 7 heteroatoms. The lowest BCUT2D eigenvalue weighted by molar-refractivity contribution is 0.0981. The zero-order chi connectivity index (χ0) is 23.4. The van der Waals surface area contributed by atoms with E-state index in [2.05, 4.69) is 10.6 Å². The van der Waals surface area contributed by atoms with Crippen LogP contribution in [0.25, 0.3) is 0 Å². The van der Waals surface area contributed by atoms with E-state index in [-0.39, 0.29) is 18.0 Å². The number of hydrogen-bond donors (Lipinski definition) is 2. The van der Waals surface area contributed by atoms with Crippen molar-refractivity contribution in [2.45, 2.75) is 25.9 Å². The Bertz CT molecular complexity index is 1160. The molecule has 3 aromatic rings. The molecule has 0 aromatic heterocycles. The summed E-state index contributed by atoms with van der Waals surface area (Å²) in [6, 6.07) is 20.2. The van der Waals surface area contributed by atoms with E-state index in [1.54, 1.807) is 32.4 Å². The Balaban J connectivity index is 1.46. The van der Waals surface area contributed by atoms with Gasteiger partial charge in [0.05, 0.1) is 19.9 Å². The first-order chi connectivity index (χ1) is 16.0. The smallest absolute Gasteiger partial charge is 0.319 e. The van der Waals surface area contributed by atoms with E-state index in [1.807, 2.05) is 60.4 Å². The van der Waals surface area contributed by atoms with Crippen LogP contribution < -0.4 is 25.0 Å². The number of benzene rings is 3. The van der Waals surface area contributed by atoms with Crippen molar-refractivity contribution >= 4 is 23.3 Å². The molecule has 33 heavy (non-hydrogen) atoms. The summed E-state index contributed by atoms with van der Waals surface area (Å²) in [5, 5.41) is 5.66. The molecule has 7 nitrogen and oxygen atoms in total. The molecule has 0 spiro atoms. The van der Waals surface area contributed by atoms with Gasteiger partial charge in [-0.1, -0.05) is 30.3 Å². The normalized spacial score (nSPS) is 14.4. The maximum atomic E-state index is 13.1. The molecule has 1 heterocycles. The number of ether oxygens (including phenoxy) is 2. The summed E-state index contributed by atoms with van der Waals surface area (Å²) < 4.78 is 10.5. The van der Waals surface area contributed by atoms with E-state index in [9.17, 15) is 9.59 Å². The van der Waals surface area contributed by atoms with Crippen LogP contribution in [0, 0.1) is 0 Å². The third-order valence-corrected chi connectivity index (χ3v) is 5.71. The number of nitrogens with zero attached hydrogens (tertiary/aromatic N) is 1. The summed E-state index contributed by atoms with van der Waals surface area (Å²) >= 11 is 0. The van der Waals surface area contributed by atoms with Gasteiger partial charge in [0, 0.05) is 29.9 Å². The largest absolute Gasteiger partial charge is 0.497 e. The van der Waals surface area contributed by atoms with Crippen molar-refractivity contribution in [3.63, 3.8) is 0 Å². The highest BCUT2D eigenvalue weighted by atomic mass is 16.5. The van der Waals surface area contributed by atoms with Crippen molar-refractivity contribution < 1.29 is 19.1 Å². The molecule has 1 aliphatic rings. The highest BCUT2D eigenvalue weighted by molar-refractivity contribution is 6.07. The van der Waals surface area contributed by atoms with Gasteiger partial charge in [-0.15, -0.1) is 0 Å². The van der Waals surface area contributed by atoms with E-state index >= 15 is 0 Å². The molecule has 0 fully saturated rings. The fourth-order valence-corrected chi connectivity index (χ4v) is 4.05. The van der Waals surface area contributed by atoms with Gasteiger partial charge in [0.15, 0.2) is 0 Å². The Morgan fingerprint density at radius 2 is 1.79 bits per heavy atom. The molecular formula is C26H27N3O4. The van der Waals surface area contributed by atoms with E-state index in [0.29, 0.717) is 29.3 Å². The fourth-order valence-electron chi connectivity index (χ4n) is 4.05. The number of nitrogens with one attached hydrogen (secondary N) is 2. The predicted molar refractivity (Wildman–Crippen MR) is 128 cm³/mol. The minimum atomic E-state index is -0.368. The molecule has 0 radical (unpaired) electrons. The van der Waals surface area contributed by atoms with Gasteiger partial charge in [-0.05, 0) is 54.8 Å². The molecule has 0 aliphatic carbocycles. The molecule has 0 unspecified atom stereocenters. The zero-order valence-electron chi connectivity index (χ0n) is 18.9. The first-order valence-electron chi connectivity index (χ1n) is 10.8. The number of hydrogen-bond acceptors (Lipinski definition) is 4. The first kappa shape index (κ1) is 22.2. The van der Waals surface area contributed by atoms with E-state index in [0.717, 1.165) is 23.2 Å². The van der Waals surface area contributed by atoms with Gasteiger partial charge >= 0.3 is 6.03 Å². The Kier molecular flexibility index (Phi) is 6.49. The zero-order valence-corrected chi connectivity index (χ0v) is 18.9. The molecule has 3 aromatic carbocycles. The molecule has 0 bridgehead atoms. The summed E-state index contributed by atoms with van der Waals surface area (Å²) in [6.07, 6.45) is 0.803. The number of rotatable bonds is 6. The highest BCUT2D eigenvalue weighted by Gasteiger charge is 2.31. The number of anilines is 2. The van der Waals surface area contributed by atoms with Crippen molar-refractivity contribution in [3.05, 3.63) is 83.4 Å². The first-order valence-corrected chi connectivity index (χ1v) is 10.8. The average molecular weight is 446 g/mol. The summed E-state index contributed by atoms with van der Waals surface area (Å²) in [6.45, 7) is 2.36. The van der Waals surface area contributed by atoms with Crippen molar-refractivity contribution in [3.8, 4) is 11.5 Å². The van der Waals surface area contributed by atoms with Gasteiger partial charge in [0.1, 0.15) is 11.5 Å². The summed E-state index contributed by atoms with van der Waals surface area (Å²) in [5.74, 6) is 1.13. The summed E-state index contributed by atoms with van der Waals surface area (Å²) in [4.78, 5) is 27.5. The Morgan fingerprint density at radius 1 is 1.00 bits per heavy atom. The van der Waals surface area contributed by atoms with E-state index in [4.69, 9.17) is 9.47 Å². The number of carbonyl (C=O) groups excluding carboxylic acids is 2. The topological polar surface area (TPSA) is 79.9 Å². The second kappa shape index (κ2) is 9.65. The number of urea groups is 1. The molecule has 0 saturated heterocycles. The standard InChI is InChI=1S/C26H27N3O4/c1-17-13-20-10-9-18(14-23(20)29(17)25(30)19-7-5-4-6-8-19)16-27-26(31)28-22-15-21(32-2)11-12-24(22)33-3/h4-12,14-15,17H,13,16H2,1-3H3,(H2,27,28,31)/t17-/m0/s1. The predicted octanol–water partition coefficient (Wildman–Crippen LogP) is 4.62. The lowest BCUT2D eigenvalue weighted by Crippen LogP contribution is -2.35. The number of carbonyl (C=O) groups is 2. The van der Waals surface area contributed by atoms with Gasteiger partial charge in [-0.2, -0.15) is 0 Å². The SMILES string of the molecule is COc1ccc(OC)c(NC(=O)NCc2ccc3c(c2)N(C(=O)c2ccccc2)[C@@H](C)C3)c1. The molecule has 2 N–H and O–H groups in total. The molecule has 1 atom stereocenters. The van der Waals surface area contributed by atoms with Crippen LogP contribution in [0.3, 0.4) is 0 Å². The molecule has 1 aliphatic heterocycles. The lowest BCUT2D eigenvalue weighted by atomic mass is 10.1. The van der Waals surface area contributed by atoms with Crippen molar-refractivity contribution in [1.29, 1.82) is 0 Å². The summed E-state index contributed by atoms with van der Waals surface area (Å²) in [7, 11) is 3.10. The minimum Gasteiger partial charge on any atom is -0.497 e. The third-order valence-electron chi connectivity index (χ3n) is 5.71. The maximum absolute atomic E-state index is 13.1. The van der Waals surface area contributed by atoms with Gasteiger partial charge in [-0.3, -0.25) is 4.79 Å². The molecular weight excluding hydrogens is 418 g/mol. The second-order valence-electron chi connectivity index (χ2n) is 7.93. The van der Waals surface area contributed by atoms with Gasteiger partial charge in [-0.25, -0.2) is 4.79 Å². The third kappa shape index (κ3) is 4.77. The van der Waals surface area contributed by atoms with Gasteiger partial charge in [0.2, 0.25) is 0 Å². The van der Waals surface area contributed by atoms with E-state index in [1.165, 1.54) is 0 Å². The van der Waals surface area contributed by atoms with Gasteiger partial charge < -0.3 is 25.0 Å². The molecule has 0 saturated carbocycles. The minimum absolute atomic E-state index is 0.0187. The summed E-state index contributed by atoms with van der Waals surface area (Å²) in [5.41, 5.74) is 4.09. The van der Waals surface area contributed by atoms with Crippen molar-refractivity contribution in [2.24, 2.45) is 0 Å². The van der Waals surface area contributed by atoms with Crippen molar-refractivity contribution in [1.82, 2.24) is 5.32 Å². The van der Waals surface area contributed by atoms with E-state index < -0.39 is 0 Å². The van der Waals surface area contributed by atoms with Crippen LogP contribution in [0.5, 0.6) is 11.5 Å². The fraction of sp³-hybridized carbons (Fsp3) is 0.231. The number of methoxy groups -OCH3 is 2. The average Bonchev–Trinajstić information content (AvgIpc) is 3.17. The van der Waals surface area contributed by atoms with Crippen LogP contribution in [0.4, 0.5) is 16.2 Å². The molecule has 170 valence electrons. The van der Waals surface area contributed by atoms with Crippen molar-refractivity contribution in [2.75, 3.05) is 24.4 Å². The number of fused-ring (bicyclic) bond motifs is 1. The Morgan fingerprint density at radius 3 is 2.52 bits per heavy atom. The monoisotopic (exact) mass is 445 g/mol. The highest BCUT2D eigenvalue weighted by Crippen LogP contribution is 2.34. The number of amides is 3. The van der Waals surface area contributed by atoms with Crippen LogP contribution in [0.15, 0.2) is 66.7 Å². The van der Waals surface area contributed by atoms with Crippen LogP contribution in [0.2, 0.25) is 0 Å². The maximum Gasteiger partial charge on any atom is 0.319 e. The Hall–Kier alpha value is -4.00. The second-order valence-corrected chi connectivity index (χ2v) is 7.93. The molecule has 3 amide bonds. The van der Waals surface area contributed by atoms with Crippen LogP contribution >= 0.6 is 0 Å². The lowest BCUT2D eigenvalue weighted by Gasteiger charge is -2.23. The Labute approximate surface area is 193 Å². The van der Waals surface area contributed by atoms with Crippen LogP contribution in [-0.2, 0) is 13.0 Å². The van der Waals surface area contributed by atoms with Crippen LogP contribution in [-0.4, -0.2) is 32.2 Å². The molecule has 4 rings (SSSR count). The quantitative estimate of drug-likeness (QED) is 0.580. The van der Waals surface area contributed by atoms with Gasteiger partial charge in [0.25, 0.3) is 5.91 Å². The van der Waals surface area contributed by atoms with Crippen LogP contribution in [0.1, 0.15) is 28.4 Å².